The average Bonchev–Trinajstić information content (AvgIpc) is 3.52. The third-order valence-electron chi connectivity index (χ3n) is 6.34. The first kappa shape index (κ1) is 22.5. The molecule has 2 fully saturated rings. The number of aryl methyl sites for hydroxylation is 2. The fraction of sp³-hybridized carbons (Fsp3) is 0.458. The molecule has 2 aliphatic rings. The van der Waals surface area contributed by atoms with Crippen LogP contribution in [0.4, 0.5) is 10.8 Å². The van der Waals surface area contributed by atoms with E-state index in [1.807, 2.05) is 32.0 Å². The first-order valence-electron chi connectivity index (χ1n) is 11.7. The number of aromatic nitrogens is 3. The number of fused-ring (bicyclic) bond motifs is 1. The molecule has 2 amide bonds. The van der Waals surface area contributed by atoms with Gasteiger partial charge in [-0.1, -0.05) is 23.5 Å². The molecular weight excluding hydrogens is 452 g/mol. The Morgan fingerprint density at radius 3 is 2.82 bits per heavy atom. The van der Waals surface area contributed by atoms with Gasteiger partial charge in [0.2, 0.25) is 11.8 Å². The molecule has 1 saturated heterocycles. The number of piperidine rings is 1. The van der Waals surface area contributed by atoms with Crippen LogP contribution in [0.5, 0.6) is 0 Å². The zero-order valence-corrected chi connectivity index (χ0v) is 20.2. The lowest BCUT2D eigenvalue weighted by atomic mass is 9.97. The number of nitrogens with zero attached hydrogens (tertiary/aromatic N) is 4. The molecule has 1 aliphatic carbocycles. The summed E-state index contributed by atoms with van der Waals surface area (Å²) >= 11 is 1.28. The topological polar surface area (TPSA) is 109 Å². The molecule has 10 heteroatoms. The van der Waals surface area contributed by atoms with E-state index in [9.17, 15) is 14.4 Å². The summed E-state index contributed by atoms with van der Waals surface area (Å²) in [5.41, 5.74) is 2.82. The number of amides is 2. The van der Waals surface area contributed by atoms with Gasteiger partial charge in [0.15, 0.2) is 10.8 Å². The van der Waals surface area contributed by atoms with Crippen LogP contribution in [0.25, 0.3) is 10.3 Å². The summed E-state index contributed by atoms with van der Waals surface area (Å²) in [5, 5.41) is 6.67. The minimum Gasteiger partial charge on any atom is -0.353 e. The second kappa shape index (κ2) is 9.17. The third kappa shape index (κ3) is 4.82. The van der Waals surface area contributed by atoms with Gasteiger partial charge in [0.05, 0.1) is 5.92 Å². The van der Waals surface area contributed by atoms with Gasteiger partial charge >= 0.3 is 0 Å². The van der Waals surface area contributed by atoms with Crippen LogP contribution in [0.15, 0.2) is 29.3 Å². The summed E-state index contributed by atoms with van der Waals surface area (Å²) in [6.45, 7) is 5.14. The summed E-state index contributed by atoms with van der Waals surface area (Å²) in [7, 11) is 0. The second-order valence-corrected chi connectivity index (χ2v) is 10.2. The van der Waals surface area contributed by atoms with Crippen molar-refractivity contribution in [3.63, 3.8) is 0 Å². The predicted molar refractivity (Wildman–Crippen MR) is 132 cm³/mol. The molecule has 0 radical (unpaired) electrons. The number of rotatable bonds is 6. The number of carbonyl (C=O) groups excluding carboxylic acids is 2. The van der Waals surface area contributed by atoms with Gasteiger partial charge in [-0.3, -0.25) is 19.0 Å². The van der Waals surface area contributed by atoms with Gasteiger partial charge in [0.25, 0.3) is 5.56 Å². The van der Waals surface area contributed by atoms with Gasteiger partial charge in [-0.25, -0.2) is 4.98 Å². The molecule has 0 bridgehead atoms. The van der Waals surface area contributed by atoms with E-state index in [2.05, 4.69) is 25.5 Å². The average molecular weight is 481 g/mol. The summed E-state index contributed by atoms with van der Waals surface area (Å²) in [5.74, 6) is -0.245. The molecule has 9 nitrogen and oxygen atoms in total. The van der Waals surface area contributed by atoms with Crippen molar-refractivity contribution in [1.82, 2.24) is 19.9 Å². The number of hydrogen-bond donors (Lipinski definition) is 2. The maximum absolute atomic E-state index is 13.1. The van der Waals surface area contributed by atoms with Crippen molar-refractivity contribution in [3.8, 4) is 0 Å². The fourth-order valence-corrected chi connectivity index (χ4v) is 5.21. The number of carbonyl (C=O) groups is 2. The van der Waals surface area contributed by atoms with E-state index < -0.39 is 0 Å². The minimum atomic E-state index is -0.290. The molecule has 1 saturated carbocycles. The number of nitrogens with one attached hydrogen (secondary N) is 2. The van der Waals surface area contributed by atoms with Crippen LogP contribution >= 0.6 is 11.3 Å². The fourth-order valence-electron chi connectivity index (χ4n) is 4.21. The quantitative estimate of drug-likeness (QED) is 0.561. The SMILES string of the molecule is Cc1ccc(C)c(NC(=O)Cn2cnc3nc(N4CCC[C@H](C(=O)NC5CC5)C4)sc3c2=O)c1. The van der Waals surface area contributed by atoms with Gasteiger partial charge < -0.3 is 15.5 Å². The number of benzene rings is 1. The van der Waals surface area contributed by atoms with Gasteiger partial charge in [-0.15, -0.1) is 0 Å². The van der Waals surface area contributed by atoms with Crippen molar-refractivity contribution in [3.05, 3.63) is 46.0 Å². The third-order valence-corrected chi connectivity index (χ3v) is 7.43. The summed E-state index contributed by atoms with van der Waals surface area (Å²) in [6, 6.07) is 6.19. The molecule has 0 spiro atoms. The van der Waals surface area contributed by atoms with Crippen LogP contribution in [-0.4, -0.2) is 45.5 Å². The number of hydrogen-bond acceptors (Lipinski definition) is 7. The molecular formula is C24H28N6O3S. The van der Waals surface area contributed by atoms with Crippen molar-refractivity contribution in [1.29, 1.82) is 0 Å². The highest BCUT2D eigenvalue weighted by Gasteiger charge is 2.31. The Labute approximate surface area is 201 Å². The Kier molecular flexibility index (Phi) is 6.07. The van der Waals surface area contributed by atoms with Crippen molar-refractivity contribution in [2.24, 2.45) is 5.92 Å². The highest BCUT2D eigenvalue weighted by molar-refractivity contribution is 7.22. The van der Waals surface area contributed by atoms with E-state index in [4.69, 9.17) is 0 Å². The molecule has 5 rings (SSSR count). The Morgan fingerprint density at radius 1 is 1.21 bits per heavy atom. The van der Waals surface area contributed by atoms with Crippen LogP contribution < -0.4 is 21.1 Å². The van der Waals surface area contributed by atoms with Gasteiger partial charge in [-0.2, -0.15) is 4.98 Å². The summed E-state index contributed by atoms with van der Waals surface area (Å²) in [6.07, 6.45) is 5.27. The smallest absolute Gasteiger partial charge is 0.273 e. The normalized spacial score (nSPS) is 18.2. The van der Waals surface area contributed by atoms with Crippen molar-refractivity contribution in [2.45, 2.75) is 52.1 Å². The lowest BCUT2D eigenvalue weighted by molar-refractivity contribution is -0.125. The van der Waals surface area contributed by atoms with E-state index in [1.165, 1.54) is 22.2 Å². The number of thiazole rings is 1. The van der Waals surface area contributed by atoms with Crippen molar-refractivity contribution in [2.75, 3.05) is 23.3 Å². The maximum atomic E-state index is 13.1. The van der Waals surface area contributed by atoms with Crippen molar-refractivity contribution >= 4 is 44.3 Å². The Balaban J connectivity index is 1.31. The molecule has 178 valence electrons. The van der Waals surface area contributed by atoms with Crippen LogP contribution in [0.3, 0.4) is 0 Å². The van der Waals surface area contributed by atoms with Crippen LogP contribution in [0.2, 0.25) is 0 Å². The van der Waals surface area contributed by atoms with E-state index in [0.717, 1.165) is 49.0 Å². The zero-order valence-electron chi connectivity index (χ0n) is 19.3. The largest absolute Gasteiger partial charge is 0.353 e. The summed E-state index contributed by atoms with van der Waals surface area (Å²) in [4.78, 5) is 49.1. The standard InChI is InChI=1S/C24H28N6O3S/c1-14-5-6-15(2)18(10-14)27-19(31)12-30-13-25-21-20(23(30)33)34-24(28-21)29-9-3-4-16(11-29)22(32)26-17-7-8-17/h5-6,10,13,16-17H,3-4,7-9,11-12H2,1-2H3,(H,26,32)(H,27,31)/t16-/m0/s1. The zero-order chi connectivity index (χ0) is 23.8. The van der Waals surface area contributed by atoms with E-state index in [-0.39, 0.29) is 29.8 Å². The summed E-state index contributed by atoms with van der Waals surface area (Å²) < 4.78 is 1.73. The highest BCUT2D eigenvalue weighted by atomic mass is 32.1. The molecule has 0 unspecified atom stereocenters. The molecule has 1 atom stereocenters. The van der Waals surface area contributed by atoms with Gasteiger partial charge in [0, 0.05) is 24.8 Å². The maximum Gasteiger partial charge on any atom is 0.273 e. The van der Waals surface area contributed by atoms with Crippen LogP contribution in [0.1, 0.15) is 36.8 Å². The number of anilines is 2. The molecule has 34 heavy (non-hydrogen) atoms. The first-order valence-corrected chi connectivity index (χ1v) is 12.5. The molecule has 1 aliphatic heterocycles. The highest BCUT2D eigenvalue weighted by Crippen LogP contribution is 2.30. The van der Waals surface area contributed by atoms with Crippen molar-refractivity contribution < 1.29 is 9.59 Å². The van der Waals surface area contributed by atoms with E-state index >= 15 is 0 Å². The van der Waals surface area contributed by atoms with Gasteiger partial charge in [0.1, 0.15) is 17.6 Å². The Bertz CT molecular complexity index is 1310. The minimum absolute atomic E-state index is 0.0697. The van der Waals surface area contributed by atoms with E-state index in [1.54, 1.807) is 0 Å². The second-order valence-electron chi connectivity index (χ2n) is 9.26. The van der Waals surface area contributed by atoms with Crippen LogP contribution in [0, 0.1) is 19.8 Å². The van der Waals surface area contributed by atoms with Crippen LogP contribution in [-0.2, 0) is 16.1 Å². The molecule has 3 heterocycles. The monoisotopic (exact) mass is 480 g/mol. The van der Waals surface area contributed by atoms with Gasteiger partial charge in [-0.05, 0) is 56.7 Å². The lowest BCUT2D eigenvalue weighted by Gasteiger charge is -2.31. The molecule has 1 aromatic carbocycles. The predicted octanol–water partition coefficient (Wildman–Crippen LogP) is 2.60. The molecule has 2 aromatic heterocycles. The Morgan fingerprint density at radius 2 is 2.03 bits per heavy atom. The first-order chi connectivity index (χ1) is 16.4. The Hall–Kier alpha value is -3.27. The van der Waals surface area contributed by atoms with E-state index in [0.29, 0.717) is 28.1 Å². The lowest BCUT2D eigenvalue weighted by Crippen LogP contribution is -2.43. The molecule has 2 N–H and O–H groups in total. The molecule has 3 aromatic rings.